The number of hydrogen-bond acceptors (Lipinski definition) is 3. The van der Waals surface area contributed by atoms with Crippen molar-refractivity contribution in [2.24, 2.45) is 0 Å². The molecule has 0 saturated carbocycles. The highest BCUT2D eigenvalue weighted by atomic mass is 19.4. The molecule has 0 unspecified atom stereocenters. The maximum atomic E-state index is 11.7. The molecule has 0 aromatic heterocycles. The summed E-state index contributed by atoms with van der Waals surface area (Å²) in [7, 11) is 0. The molecular formula is C10H17F3N2O4. The Morgan fingerprint density at radius 1 is 1.37 bits per heavy atom. The first-order valence-corrected chi connectivity index (χ1v) is 5.54. The van der Waals surface area contributed by atoms with E-state index < -0.39 is 31.3 Å². The summed E-state index contributed by atoms with van der Waals surface area (Å²) in [5.41, 5.74) is 0. The van der Waals surface area contributed by atoms with Gasteiger partial charge in [0.2, 0.25) is 0 Å². The van der Waals surface area contributed by atoms with Crippen LogP contribution in [0.4, 0.5) is 18.0 Å². The standard InChI is InChI=1S/C10H17F3N2O4/c1-7(2)15(5-8(16)17)9(18)14-3-4-19-6-10(11,12)13/h7H,3-6H2,1-2H3,(H,14,18)(H,16,17). The number of carbonyl (C=O) groups excluding carboxylic acids is 1. The quantitative estimate of drug-likeness (QED) is 0.686. The molecule has 0 heterocycles. The lowest BCUT2D eigenvalue weighted by Crippen LogP contribution is -2.47. The van der Waals surface area contributed by atoms with Crippen LogP contribution in [-0.4, -0.2) is 60.5 Å². The Bertz CT molecular complexity index is 308. The molecule has 19 heavy (non-hydrogen) atoms. The zero-order chi connectivity index (χ0) is 15.1. The average Bonchev–Trinajstić information content (AvgIpc) is 2.22. The number of carbonyl (C=O) groups is 2. The topological polar surface area (TPSA) is 78.9 Å². The van der Waals surface area contributed by atoms with Crippen molar-refractivity contribution < 1.29 is 32.6 Å². The van der Waals surface area contributed by atoms with E-state index >= 15 is 0 Å². The Hall–Kier alpha value is -1.51. The Labute approximate surface area is 108 Å². The number of nitrogens with zero attached hydrogens (tertiary/aromatic N) is 1. The van der Waals surface area contributed by atoms with Crippen molar-refractivity contribution in [1.29, 1.82) is 0 Å². The monoisotopic (exact) mass is 286 g/mol. The van der Waals surface area contributed by atoms with Gasteiger partial charge in [-0.3, -0.25) is 4.79 Å². The molecule has 112 valence electrons. The van der Waals surface area contributed by atoms with Gasteiger partial charge in [-0.15, -0.1) is 0 Å². The van der Waals surface area contributed by atoms with Gasteiger partial charge in [0.15, 0.2) is 0 Å². The van der Waals surface area contributed by atoms with Gasteiger partial charge in [0, 0.05) is 12.6 Å². The minimum absolute atomic E-state index is 0.127. The normalized spacial score (nSPS) is 11.5. The van der Waals surface area contributed by atoms with E-state index in [1.807, 2.05) is 0 Å². The molecule has 0 fully saturated rings. The Morgan fingerprint density at radius 3 is 2.37 bits per heavy atom. The van der Waals surface area contributed by atoms with E-state index in [1.54, 1.807) is 13.8 Å². The zero-order valence-electron chi connectivity index (χ0n) is 10.7. The number of carboxylic acids is 1. The predicted octanol–water partition coefficient (Wildman–Crippen LogP) is 1.07. The second kappa shape index (κ2) is 7.82. The van der Waals surface area contributed by atoms with Crippen LogP contribution in [0.5, 0.6) is 0 Å². The van der Waals surface area contributed by atoms with Gasteiger partial charge >= 0.3 is 18.2 Å². The van der Waals surface area contributed by atoms with Crippen LogP contribution in [0.1, 0.15) is 13.8 Å². The summed E-state index contributed by atoms with van der Waals surface area (Å²) in [6.45, 7) is 0.964. The van der Waals surface area contributed by atoms with Crippen LogP contribution in [0.2, 0.25) is 0 Å². The van der Waals surface area contributed by atoms with E-state index in [0.29, 0.717) is 0 Å². The smallest absolute Gasteiger partial charge is 0.411 e. The Morgan fingerprint density at radius 2 is 1.95 bits per heavy atom. The van der Waals surface area contributed by atoms with E-state index in [1.165, 1.54) is 0 Å². The zero-order valence-corrected chi connectivity index (χ0v) is 10.7. The molecular weight excluding hydrogens is 269 g/mol. The van der Waals surface area contributed by atoms with Gasteiger partial charge < -0.3 is 20.1 Å². The second-order valence-corrected chi connectivity index (χ2v) is 4.02. The minimum Gasteiger partial charge on any atom is -0.480 e. The third kappa shape index (κ3) is 9.11. The largest absolute Gasteiger partial charge is 0.480 e. The van der Waals surface area contributed by atoms with Crippen LogP contribution in [0.3, 0.4) is 0 Å². The van der Waals surface area contributed by atoms with Crippen LogP contribution in [0.25, 0.3) is 0 Å². The molecule has 0 aliphatic heterocycles. The molecule has 2 amide bonds. The Balaban J connectivity index is 3.97. The molecule has 9 heteroatoms. The first-order valence-electron chi connectivity index (χ1n) is 5.54. The van der Waals surface area contributed by atoms with Crippen molar-refractivity contribution in [3.63, 3.8) is 0 Å². The van der Waals surface area contributed by atoms with Crippen LogP contribution < -0.4 is 5.32 Å². The van der Waals surface area contributed by atoms with Gasteiger partial charge in [0.1, 0.15) is 13.2 Å². The first kappa shape index (κ1) is 17.5. The molecule has 0 spiro atoms. The number of alkyl halides is 3. The van der Waals surface area contributed by atoms with Crippen molar-refractivity contribution in [3.8, 4) is 0 Å². The van der Waals surface area contributed by atoms with E-state index in [9.17, 15) is 22.8 Å². The number of amides is 2. The number of halogens is 3. The molecule has 0 aliphatic rings. The predicted molar refractivity (Wildman–Crippen MR) is 59.8 cm³/mol. The average molecular weight is 286 g/mol. The fourth-order valence-electron chi connectivity index (χ4n) is 1.15. The summed E-state index contributed by atoms with van der Waals surface area (Å²) in [5, 5.41) is 10.9. The number of urea groups is 1. The molecule has 0 atom stereocenters. The third-order valence-corrected chi connectivity index (χ3v) is 1.98. The van der Waals surface area contributed by atoms with Gasteiger partial charge in [0.25, 0.3) is 0 Å². The van der Waals surface area contributed by atoms with Crippen molar-refractivity contribution in [3.05, 3.63) is 0 Å². The molecule has 0 bridgehead atoms. The van der Waals surface area contributed by atoms with Crippen LogP contribution in [-0.2, 0) is 9.53 Å². The van der Waals surface area contributed by atoms with Crippen LogP contribution >= 0.6 is 0 Å². The van der Waals surface area contributed by atoms with Crippen molar-refractivity contribution in [2.75, 3.05) is 26.3 Å². The summed E-state index contributed by atoms with van der Waals surface area (Å²) in [6.07, 6.45) is -4.41. The lowest BCUT2D eigenvalue weighted by Gasteiger charge is -2.25. The van der Waals surface area contributed by atoms with Gasteiger partial charge in [-0.25, -0.2) is 4.79 Å². The first-order chi connectivity index (χ1) is 8.63. The Kier molecular flexibility index (Phi) is 7.20. The summed E-state index contributed by atoms with van der Waals surface area (Å²) in [4.78, 5) is 23.1. The summed E-state index contributed by atoms with van der Waals surface area (Å²) >= 11 is 0. The number of rotatable bonds is 7. The number of ether oxygens (including phenoxy) is 1. The molecule has 0 saturated heterocycles. The van der Waals surface area contributed by atoms with Crippen LogP contribution in [0.15, 0.2) is 0 Å². The highest BCUT2D eigenvalue weighted by Crippen LogP contribution is 2.13. The fraction of sp³-hybridized carbons (Fsp3) is 0.800. The summed E-state index contributed by atoms with van der Waals surface area (Å²) < 4.78 is 39.5. The lowest BCUT2D eigenvalue weighted by atomic mass is 10.3. The van der Waals surface area contributed by atoms with Gasteiger partial charge in [-0.2, -0.15) is 13.2 Å². The van der Waals surface area contributed by atoms with Crippen LogP contribution in [0, 0.1) is 0 Å². The molecule has 0 radical (unpaired) electrons. The molecule has 6 nitrogen and oxygen atoms in total. The molecule has 0 rings (SSSR count). The number of aliphatic carboxylic acids is 1. The molecule has 0 aromatic rings. The molecule has 2 N–H and O–H groups in total. The van der Waals surface area contributed by atoms with E-state index in [-0.39, 0.29) is 19.2 Å². The minimum atomic E-state index is -4.41. The van der Waals surface area contributed by atoms with Gasteiger partial charge in [-0.05, 0) is 13.8 Å². The van der Waals surface area contributed by atoms with Gasteiger partial charge in [-0.1, -0.05) is 0 Å². The molecule has 0 aliphatic carbocycles. The lowest BCUT2D eigenvalue weighted by molar-refractivity contribution is -0.173. The summed E-state index contributed by atoms with van der Waals surface area (Å²) in [5.74, 6) is -1.17. The van der Waals surface area contributed by atoms with E-state index in [0.717, 1.165) is 4.90 Å². The van der Waals surface area contributed by atoms with Gasteiger partial charge in [0.05, 0.1) is 6.61 Å². The maximum absolute atomic E-state index is 11.7. The van der Waals surface area contributed by atoms with E-state index in [4.69, 9.17) is 5.11 Å². The fourth-order valence-corrected chi connectivity index (χ4v) is 1.15. The molecule has 0 aromatic carbocycles. The van der Waals surface area contributed by atoms with Crippen molar-refractivity contribution >= 4 is 12.0 Å². The third-order valence-electron chi connectivity index (χ3n) is 1.98. The maximum Gasteiger partial charge on any atom is 0.411 e. The second-order valence-electron chi connectivity index (χ2n) is 4.02. The number of hydrogen-bond donors (Lipinski definition) is 2. The van der Waals surface area contributed by atoms with E-state index in [2.05, 4.69) is 10.1 Å². The van der Waals surface area contributed by atoms with Crippen molar-refractivity contribution in [2.45, 2.75) is 26.1 Å². The SMILES string of the molecule is CC(C)N(CC(=O)O)C(=O)NCCOCC(F)(F)F. The highest BCUT2D eigenvalue weighted by molar-refractivity contribution is 5.80. The summed E-state index contributed by atoms with van der Waals surface area (Å²) in [6, 6.07) is -1.000. The highest BCUT2D eigenvalue weighted by Gasteiger charge is 2.27. The number of nitrogens with one attached hydrogen (secondary N) is 1. The number of carboxylic acid groups (broad SMARTS) is 1. The van der Waals surface area contributed by atoms with Crippen molar-refractivity contribution in [1.82, 2.24) is 10.2 Å².